The zero-order chi connectivity index (χ0) is 21.3. The number of hydrogen-bond donors (Lipinski definition) is 1. The number of anilines is 1. The largest absolute Gasteiger partial charge is 0.505 e. The zero-order valence-electron chi connectivity index (χ0n) is 15.4. The van der Waals surface area contributed by atoms with Crippen LogP contribution in [-0.4, -0.2) is 21.8 Å². The van der Waals surface area contributed by atoms with E-state index < -0.39 is 16.6 Å². The summed E-state index contributed by atoms with van der Waals surface area (Å²) in [6.45, 7) is 0. The Morgan fingerprint density at radius 1 is 1.03 bits per heavy atom. The van der Waals surface area contributed by atoms with Crippen LogP contribution in [0, 0.1) is 10.1 Å². The fourth-order valence-electron chi connectivity index (χ4n) is 3.05. The number of aliphatic imine (C=N–C) groups is 1. The number of non-ortho nitro benzene ring substituents is 1. The number of amides is 1. The number of nitrogens with zero attached hydrogens (tertiary/aromatic N) is 3. The summed E-state index contributed by atoms with van der Waals surface area (Å²) in [7, 11) is 0. The Hall–Kier alpha value is -3.97. The van der Waals surface area contributed by atoms with Gasteiger partial charge in [-0.25, -0.2) is 4.99 Å². The van der Waals surface area contributed by atoms with Gasteiger partial charge in [0.1, 0.15) is 17.3 Å². The normalized spacial score (nSPS) is 14.8. The molecule has 3 aromatic carbocycles. The predicted molar refractivity (Wildman–Crippen MR) is 115 cm³/mol. The third-order valence-electron chi connectivity index (χ3n) is 4.48. The fraction of sp³-hybridized carbons (Fsp3) is 0. The first-order valence-corrected chi connectivity index (χ1v) is 9.25. The average molecular weight is 420 g/mol. The highest BCUT2D eigenvalue weighted by Crippen LogP contribution is 2.36. The minimum atomic E-state index is -0.618. The molecule has 1 aliphatic rings. The second kappa shape index (κ2) is 7.81. The van der Waals surface area contributed by atoms with E-state index in [1.165, 1.54) is 17.0 Å². The van der Waals surface area contributed by atoms with Crippen LogP contribution in [0.1, 0.15) is 11.1 Å². The molecule has 8 heteroatoms. The number of nitro benzene ring substituents is 1. The lowest BCUT2D eigenvalue weighted by Crippen LogP contribution is -2.32. The minimum Gasteiger partial charge on any atom is -0.505 e. The maximum Gasteiger partial charge on any atom is 0.282 e. The molecule has 0 unspecified atom stereocenters. The van der Waals surface area contributed by atoms with Crippen molar-refractivity contribution in [1.29, 1.82) is 0 Å². The highest BCUT2D eigenvalue weighted by atomic mass is 35.5. The molecule has 0 aliphatic carbocycles. The van der Waals surface area contributed by atoms with Crippen molar-refractivity contribution in [2.45, 2.75) is 0 Å². The lowest BCUT2D eigenvalue weighted by Gasteiger charge is -2.19. The molecular weight excluding hydrogens is 406 g/mol. The highest BCUT2D eigenvalue weighted by molar-refractivity contribution is 6.33. The van der Waals surface area contributed by atoms with E-state index in [0.717, 1.165) is 11.6 Å². The Morgan fingerprint density at radius 3 is 2.37 bits per heavy atom. The average Bonchev–Trinajstić information content (AvgIpc) is 3.06. The van der Waals surface area contributed by atoms with E-state index in [0.29, 0.717) is 16.4 Å². The number of amidine groups is 1. The predicted octanol–water partition coefficient (Wildman–Crippen LogP) is 4.79. The first-order chi connectivity index (χ1) is 14.4. The summed E-state index contributed by atoms with van der Waals surface area (Å²) >= 11 is 5.92. The van der Waals surface area contributed by atoms with Crippen molar-refractivity contribution in [3.8, 4) is 5.75 Å². The summed E-state index contributed by atoms with van der Waals surface area (Å²) in [5.74, 6) is -0.549. The number of rotatable bonds is 4. The number of hydrogen-bond acceptors (Lipinski definition) is 5. The van der Waals surface area contributed by atoms with Gasteiger partial charge < -0.3 is 5.11 Å². The molecule has 0 fully saturated rings. The topological polar surface area (TPSA) is 96.0 Å². The smallest absolute Gasteiger partial charge is 0.282 e. The Kier molecular flexibility index (Phi) is 5.04. The number of phenolic OH excluding ortho intramolecular Hbond substituents is 1. The molecule has 0 radical (unpaired) electrons. The molecule has 148 valence electrons. The molecule has 0 atom stereocenters. The summed E-state index contributed by atoms with van der Waals surface area (Å²) in [5, 5.41) is 22.0. The van der Waals surface area contributed by atoms with Gasteiger partial charge in [-0.05, 0) is 29.8 Å². The van der Waals surface area contributed by atoms with E-state index in [4.69, 9.17) is 11.6 Å². The quantitative estimate of drug-likeness (QED) is 0.373. The highest BCUT2D eigenvalue weighted by Gasteiger charge is 2.34. The molecule has 0 saturated carbocycles. The molecule has 1 heterocycles. The van der Waals surface area contributed by atoms with Gasteiger partial charge in [-0.2, -0.15) is 0 Å². The van der Waals surface area contributed by atoms with E-state index in [1.807, 2.05) is 6.07 Å². The third-order valence-corrected chi connectivity index (χ3v) is 4.73. The fourth-order valence-corrected chi connectivity index (χ4v) is 3.18. The van der Waals surface area contributed by atoms with Gasteiger partial charge >= 0.3 is 0 Å². The summed E-state index contributed by atoms with van der Waals surface area (Å²) in [4.78, 5) is 29.3. The third kappa shape index (κ3) is 3.66. The number of carbonyl (C=O) groups is 1. The van der Waals surface area contributed by atoms with E-state index in [9.17, 15) is 20.0 Å². The van der Waals surface area contributed by atoms with Crippen molar-refractivity contribution < 1.29 is 14.8 Å². The van der Waals surface area contributed by atoms with Crippen LogP contribution in [0.4, 0.5) is 11.4 Å². The van der Waals surface area contributed by atoms with Gasteiger partial charge in [0.05, 0.1) is 16.7 Å². The van der Waals surface area contributed by atoms with Gasteiger partial charge in [0.15, 0.2) is 0 Å². The Bertz CT molecular complexity index is 1200. The van der Waals surface area contributed by atoms with Crippen molar-refractivity contribution in [3.63, 3.8) is 0 Å². The number of phenols is 1. The molecule has 7 nitrogen and oxygen atoms in total. The molecule has 0 bridgehead atoms. The monoisotopic (exact) mass is 419 g/mol. The number of halogens is 1. The van der Waals surface area contributed by atoms with Gasteiger partial charge in [0.2, 0.25) is 0 Å². The van der Waals surface area contributed by atoms with Crippen molar-refractivity contribution in [3.05, 3.63) is 105 Å². The molecule has 1 aliphatic heterocycles. The number of benzene rings is 3. The van der Waals surface area contributed by atoms with Gasteiger partial charge in [-0.3, -0.25) is 19.8 Å². The van der Waals surface area contributed by atoms with E-state index in [-0.39, 0.29) is 17.1 Å². The second-order valence-corrected chi connectivity index (χ2v) is 6.89. The van der Waals surface area contributed by atoms with Crippen molar-refractivity contribution in [2.75, 3.05) is 4.90 Å². The zero-order valence-corrected chi connectivity index (χ0v) is 16.2. The van der Waals surface area contributed by atoms with Crippen LogP contribution in [0.3, 0.4) is 0 Å². The maximum atomic E-state index is 13.2. The van der Waals surface area contributed by atoms with Crippen LogP contribution in [0.5, 0.6) is 5.75 Å². The SMILES string of the molecule is O=C1/C(=C\c2ccc(Cl)cc2)N=C(c2ccccc2)N1c1ccc([N+](=O)[O-])cc1O. The van der Waals surface area contributed by atoms with Crippen LogP contribution < -0.4 is 4.90 Å². The molecule has 3 aromatic rings. The van der Waals surface area contributed by atoms with Crippen LogP contribution in [0.2, 0.25) is 5.02 Å². The lowest BCUT2D eigenvalue weighted by atomic mass is 10.1. The lowest BCUT2D eigenvalue weighted by molar-refractivity contribution is -0.384. The van der Waals surface area contributed by atoms with Crippen molar-refractivity contribution in [1.82, 2.24) is 0 Å². The minimum absolute atomic E-state index is 0.104. The molecule has 0 aromatic heterocycles. The van der Waals surface area contributed by atoms with E-state index >= 15 is 0 Å². The van der Waals surface area contributed by atoms with Crippen LogP contribution in [0.15, 0.2) is 83.5 Å². The van der Waals surface area contributed by atoms with Crippen molar-refractivity contribution >= 4 is 40.8 Å². The Labute approximate surface area is 176 Å². The van der Waals surface area contributed by atoms with E-state index in [2.05, 4.69) is 4.99 Å². The Balaban J connectivity index is 1.83. The molecule has 1 N–H and O–H groups in total. The molecule has 0 spiro atoms. The summed E-state index contributed by atoms with van der Waals surface area (Å²) < 4.78 is 0. The number of aromatic hydroxyl groups is 1. The molecule has 30 heavy (non-hydrogen) atoms. The summed E-state index contributed by atoms with van der Waals surface area (Å²) in [5.41, 5.74) is 1.37. The van der Waals surface area contributed by atoms with Gasteiger partial charge in [-0.15, -0.1) is 0 Å². The van der Waals surface area contributed by atoms with Gasteiger partial charge in [0.25, 0.3) is 11.6 Å². The van der Waals surface area contributed by atoms with Crippen LogP contribution in [-0.2, 0) is 4.79 Å². The van der Waals surface area contributed by atoms with Crippen LogP contribution in [0.25, 0.3) is 6.08 Å². The second-order valence-electron chi connectivity index (χ2n) is 6.45. The first kappa shape index (κ1) is 19.4. The molecule has 1 amide bonds. The van der Waals surface area contributed by atoms with Crippen molar-refractivity contribution in [2.24, 2.45) is 4.99 Å². The molecular formula is C22H14ClN3O4. The molecule has 0 saturated heterocycles. The van der Waals surface area contributed by atoms with Crippen LogP contribution >= 0.6 is 11.6 Å². The van der Waals surface area contributed by atoms with Gasteiger partial charge in [-0.1, -0.05) is 54.1 Å². The number of nitro groups is 1. The first-order valence-electron chi connectivity index (χ1n) is 8.87. The van der Waals surface area contributed by atoms with E-state index in [1.54, 1.807) is 54.6 Å². The summed E-state index contributed by atoms with van der Waals surface area (Å²) in [6, 6.07) is 19.5. The number of carbonyl (C=O) groups excluding carboxylic acids is 1. The standard InChI is InChI=1S/C22H14ClN3O4/c23-16-8-6-14(7-9-16)12-18-22(28)25(21(24-18)15-4-2-1-3-5-15)19-11-10-17(26(29)30)13-20(19)27/h1-13,27H/b18-12+. The Morgan fingerprint density at radius 2 is 1.73 bits per heavy atom. The summed E-state index contributed by atoms with van der Waals surface area (Å²) in [6.07, 6.45) is 1.62. The molecule has 4 rings (SSSR count). The maximum absolute atomic E-state index is 13.2. The van der Waals surface area contributed by atoms with Gasteiger partial charge in [0, 0.05) is 16.7 Å².